The number of benzene rings is 3. The number of H-pyrrole nitrogens is 1. The number of hydrogen-bond acceptors (Lipinski definition) is 2. The molecule has 3 aromatic carbocycles. The fourth-order valence-electron chi connectivity index (χ4n) is 3.68. The van der Waals surface area contributed by atoms with E-state index in [1.807, 2.05) is 42.5 Å². The molecule has 1 heterocycles. The Labute approximate surface area is 169 Å². The van der Waals surface area contributed by atoms with Crippen LogP contribution in [-0.4, -0.2) is 10.1 Å². The van der Waals surface area contributed by atoms with Crippen molar-refractivity contribution in [1.29, 1.82) is 0 Å². The van der Waals surface area contributed by atoms with E-state index in [9.17, 15) is 9.50 Å². The zero-order valence-electron chi connectivity index (χ0n) is 16.5. The molecule has 0 spiro atoms. The van der Waals surface area contributed by atoms with Gasteiger partial charge < -0.3 is 14.8 Å². The van der Waals surface area contributed by atoms with Gasteiger partial charge >= 0.3 is 0 Å². The highest BCUT2D eigenvalue weighted by atomic mass is 19.1. The fourth-order valence-corrected chi connectivity index (χ4v) is 3.68. The summed E-state index contributed by atoms with van der Waals surface area (Å²) < 4.78 is 19.3. The first-order valence-electron chi connectivity index (χ1n) is 9.61. The smallest absolute Gasteiger partial charge is 0.155 e. The van der Waals surface area contributed by atoms with Gasteiger partial charge in [-0.05, 0) is 60.7 Å². The molecule has 4 heteroatoms. The molecule has 0 aliphatic carbocycles. The standard InChI is InChI=1S/C25H23FNO2/c1-25(2,28)24-19(14-17-8-11-20(26)12-9-17)10-13-21-23(24)22(15-27-21)29-16-18-6-4-3-5-7-18/h3-13,27-28H,14,16H2,1-2H3. The summed E-state index contributed by atoms with van der Waals surface area (Å²) in [5.41, 5.74) is 3.56. The maximum Gasteiger partial charge on any atom is 0.155 e. The molecule has 0 aliphatic heterocycles. The Balaban J connectivity index is 1.75. The minimum atomic E-state index is -1.09. The van der Waals surface area contributed by atoms with Gasteiger partial charge in [0.05, 0.1) is 11.1 Å². The average Bonchev–Trinajstić information content (AvgIpc) is 3.11. The molecule has 147 valence electrons. The number of aliphatic hydroxyl groups is 1. The summed E-state index contributed by atoms with van der Waals surface area (Å²) in [6.45, 7) is 3.95. The number of aromatic amines is 1. The average molecular weight is 388 g/mol. The molecule has 4 aromatic rings. The Morgan fingerprint density at radius 2 is 1.69 bits per heavy atom. The number of halogens is 1. The zero-order chi connectivity index (χ0) is 20.4. The maximum absolute atomic E-state index is 13.3. The summed E-state index contributed by atoms with van der Waals surface area (Å²) in [7, 11) is 0. The molecule has 0 unspecified atom stereocenters. The van der Waals surface area contributed by atoms with Crippen molar-refractivity contribution in [2.24, 2.45) is 0 Å². The van der Waals surface area contributed by atoms with Crippen LogP contribution < -0.4 is 4.74 Å². The molecule has 2 N–H and O–H groups in total. The Kier molecular flexibility index (Phi) is 5.12. The van der Waals surface area contributed by atoms with Crippen molar-refractivity contribution in [1.82, 2.24) is 4.98 Å². The fraction of sp³-hybridized carbons (Fsp3) is 0.200. The van der Waals surface area contributed by atoms with Crippen molar-refractivity contribution in [3.8, 4) is 5.75 Å². The van der Waals surface area contributed by atoms with Gasteiger partial charge in [-0.15, -0.1) is 0 Å². The van der Waals surface area contributed by atoms with Crippen molar-refractivity contribution >= 4 is 10.9 Å². The summed E-state index contributed by atoms with van der Waals surface area (Å²) in [5.74, 6) is 0.325. The minimum absolute atomic E-state index is 0.260. The number of nitrogens with one attached hydrogen (secondary N) is 1. The van der Waals surface area contributed by atoms with Gasteiger partial charge in [0.25, 0.3) is 0 Å². The monoisotopic (exact) mass is 388 g/mol. The number of rotatable bonds is 6. The van der Waals surface area contributed by atoms with Gasteiger partial charge in [0, 0.05) is 5.39 Å². The largest absolute Gasteiger partial charge is 0.486 e. The molecular formula is C25H23FNO2. The lowest BCUT2D eigenvalue weighted by Crippen LogP contribution is -2.19. The Hall–Kier alpha value is -3.11. The number of aromatic nitrogens is 1. The molecule has 0 aliphatic rings. The van der Waals surface area contributed by atoms with Crippen LogP contribution in [0, 0.1) is 12.0 Å². The van der Waals surface area contributed by atoms with E-state index in [1.54, 1.807) is 26.0 Å². The van der Waals surface area contributed by atoms with Crippen molar-refractivity contribution < 1.29 is 14.2 Å². The SMILES string of the molecule is CC(C)(O)c1c(Cc2ccc(F)cc2)ccc2[nH][c]c(OCc3ccccc3)c12. The van der Waals surface area contributed by atoms with Crippen LogP contribution in [0.3, 0.4) is 0 Å². The van der Waals surface area contributed by atoms with Crippen LogP contribution >= 0.6 is 0 Å². The number of fused-ring (bicyclic) bond motifs is 1. The molecule has 0 atom stereocenters. The lowest BCUT2D eigenvalue weighted by molar-refractivity contribution is 0.0791. The zero-order valence-corrected chi connectivity index (χ0v) is 16.5. The third-order valence-corrected chi connectivity index (χ3v) is 4.98. The number of hydrogen-bond donors (Lipinski definition) is 2. The predicted octanol–water partition coefficient (Wildman–Crippen LogP) is 5.50. The molecule has 0 saturated heterocycles. The second-order valence-electron chi connectivity index (χ2n) is 7.74. The highest BCUT2D eigenvalue weighted by Crippen LogP contribution is 2.38. The van der Waals surface area contributed by atoms with Crippen LogP contribution in [0.1, 0.15) is 36.1 Å². The highest BCUT2D eigenvalue weighted by molar-refractivity contribution is 5.91. The van der Waals surface area contributed by atoms with Crippen LogP contribution in [0.15, 0.2) is 66.7 Å². The lowest BCUT2D eigenvalue weighted by Gasteiger charge is -2.24. The van der Waals surface area contributed by atoms with E-state index in [1.165, 1.54) is 12.1 Å². The second-order valence-corrected chi connectivity index (χ2v) is 7.74. The molecule has 0 saturated carbocycles. The minimum Gasteiger partial charge on any atom is -0.486 e. The van der Waals surface area contributed by atoms with Crippen LogP contribution in [-0.2, 0) is 18.6 Å². The first-order valence-corrected chi connectivity index (χ1v) is 9.61. The van der Waals surface area contributed by atoms with Crippen LogP contribution in [0.5, 0.6) is 5.75 Å². The van der Waals surface area contributed by atoms with Crippen molar-refractivity contribution in [3.63, 3.8) is 0 Å². The van der Waals surface area contributed by atoms with Gasteiger partial charge in [-0.1, -0.05) is 48.5 Å². The van der Waals surface area contributed by atoms with Gasteiger partial charge in [-0.3, -0.25) is 0 Å². The van der Waals surface area contributed by atoms with Crippen LogP contribution in [0.4, 0.5) is 4.39 Å². The predicted molar refractivity (Wildman–Crippen MR) is 112 cm³/mol. The normalized spacial score (nSPS) is 11.7. The maximum atomic E-state index is 13.3. The molecular weight excluding hydrogens is 365 g/mol. The highest BCUT2D eigenvalue weighted by Gasteiger charge is 2.26. The molecule has 4 rings (SSSR count). The van der Waals surface area contributed by atoms with Gasteiger partial charge in [-0.2, -0.15) is 0 Å². The Morgan fingerprint density at radius 1 is 0.966 bits per heavy atom. The lowest BCUT2D eigenvalue weighted by atomic mass is 9.87. The van der Waals surface area contributed by atoms with Crippen LogP contribution in [0.2, 0.25) is 0 Å². The third-order valence-electron chi connectivity index (χ3n) is 4.98. The van der Waals surface area contributed by atoms with Crippen molar-refractivity contribution in [2.75, 3.05) is 0 Å². The Morgan fingerprint density at radius 3 is 2.38 bits per heavy atom. The van der Waals surface area contributed by atoms with Crippen molar-refractivity contribution in [3.05, 3.63) is 101 Å². The van der Waals surface area contributed by atoms with E-state index < -0.39 is 5.60 Å². The van der Waals surface area contributed by atoms with E-state index >= 15 is 0 Å². The first kappa shape index (κ1) is 19.2. The first-order chi connectivity index (χ1) is 13.9. The molecule has 1 radical (unpaired) electrons. The summed E-state index contributed by atoms with van der Waals surface area (Å²) in [6.07, 6.45) is 3.67. The molecule has 1 aromatic heterocycles. The Bertz CT molecular complexity index is 1110. The molecule has 3 nitrogen and oxygen atoms in total. The van der Waals surface area contributed by atoms with E-state index in [4.69, 9.17) is 4.74 Å². The summed E-state index contributed by atoms with van der Waals surface area (Å²) in [5, 5.41) is 11.8. The topological polar surface area (TPSA) is 45.2 Å². The molecule has 0 bridgehead atoms. The van der Waals surface area contributed by atoms with E-state index in [-0.39, 0.29) is 5.82 Å². The quantitative estimate of drug-likeness (QED) is 0.458. The molecule has 29 heavy (non-hydrogen) atoms. The summed E-state index contributed by atoms with van der Waals surface area (Å²) in [6, 6.07) is 20.3. The number of ether oxygens (including phenoxy) is 1. The summed E-state index contributed by atoms with van der Waals surface area (Å²) in [4.78, 5) is 3.12. The van der Waals surface area contributed by atoms with Gasteiger partial charge in [0.2, 0.25) is 0 Å². The van der Waals surface area contributed by atoms with E-state index in [0.717, 1.165) is 33.2 Å². The van der Waals surface area contributed by atoms with Gasteiger partial charge in [0.1, 0.15) is 18.6 Å². The van der Waals surface area contributed by atoms with Crippen molar-refractivity contribution in [2.45, 2.75) is 32.5 Å². The summed E-state index contributed by atoms with van der Waals surface area (Å²) >= 11 is 0. The second kappa shape index (κ2) is 7.72. The van der Waals surface area contributed by atoms with E-state index in [2.05, 4.69) is 11.2 Å². The molecule has 0 fully saturated rings. The third kappa shape index (κ3) is 4.17. The van der Waals surface area contributed by atoms with Gasteiger partial charge in [-0.25, -0.2) is 4.39 Å². The molecule has 0 amide bonds. The van der Waals surface area contributed by atoms with Gasteiger partial charge in [0.15, 0.2) is 5.75 Å². The van der Waals surface area contributed by atoms with Crippen LogP contribution in [0.25, 0.3) is 10.9 Å². The van der Waals surface area contributed by atoms with E-state index in [0.29, 0.717) is 18.8 Å².